The molecule has 2 N–H and O–H groups in total. The Morgan fingerprint density at radius 1 is 1.42 bits per heavy atom. The van der Waals surface area contributed by atoms with Gasteiger partial charge in [0.2, 0.25) is 5.91 Å². The second-order valence-electron chi connectivity index (χ2n) is 6.67. The molecule has 0 unspecified atom stereocenters. The van der Waals surface area contributed by atoms with Crippen LogP contribution in [0.25, 0.3) is 6.08 Å². The van der Waals surface area contributed by atoms with Crippen molar-refractivity contribution >= 4 is 46.9 Å². The van der Waals surface area contributed by atoms with Gasteiger partial charge in [-0.1, -0.05) is 26.8 Å². The third-order valence-corrected chi connectivity index (χ3v) is 3.87. The summed E-state index contributed by atoms with van der Waals surface area (Å²) in [7, 11) is 0. The molecule has 3 amide bonds. The van der Waals surface area contributed by atoms with Crippen molar-refractivity contribution in [3.8, 4) is 0 Å². The van der Waals surface area contributed by atoms with Crippen LogP contribution in [0.3, 0.4) is 0 Å². The fourth-order valence-corrected chi connectivity index (χ4v) is 2.33. The minimum absolute atomic E-state index is 0.0319. The van der Waals surface area contributed by atoms with Crippen molar-refractivity contribution in [1.29, 1.82) is 0 Å². The van der Waals surface area contributed by atoms with Crippen molar-refractivity contribution < 1.29 is 14.4 Å². The lowest BCUT2D eigenvalue weighted by atomic mass is 9.95. The average molecular weight is 372 g/mol. The summed E-state index contributed by atoms with van der Waals surface area (Å²) in [6.45, 7) is 9.08. The molecule has 0 saturated carbocycles. The molecule has 0 bridgehead atoms. The van der Waals surface area contributed by atoms with E-state index in [1.165, 1.54) is 23.2 Å². The zero-order valence-electron chi connectivity index (χ0n) is 14.8. The number of hydrogen-bond donors (Lipinski definition) is 2. The Labute approximate surface area is 157 Å². The average Bonchev–Trinajstić information content (AvgIpc) is 2.56. The minimum Gasteiger partial charge on any atom is -0.310 e. The van der Waals surface area contributed by atoms with Gasteiger partial charge in [0.05, 0.1) is 0 Å². The van der Waals surface area contributed by atoms with Gasteiger partial charge in [0.15, 0.2) is 5.11 Å². The number of carbonyl (C=O) groups is 3. The van der Waals surface area contributed by atoms with Gasteiger partial charge in [-0.2, -0.15) is 0 Å². The summed E-state index contributed by atoms with van der Waals surface area (Å²) in [5.74, 6) is -1.10. The Bertz CT molecular complexity index is 824. The highest BCUT2D eigenvalue weighted by molar-refractivity contribution is 7.80. The van der Waals surface area contributed by atoms with Gasteiger partial charge in [-0.15, -0.1) is 6.58 Å². The topological polar surface area (TPSA) is 91.4 Å². The van der Waals surface area contributed by atoms with Gasteiger partial charge in [0.1, 0.15) is 11.4 Å². The highest BCUT2D eigenvalue weighted by Gasteiger charge is 2.33. The lowest BCUT2D eigenvalue weighted by molar-refractivity contribution is -0.128. The molecule has 2 heterocycles. The van der Waals surface area contributed by atoms with E-state index in [4.69, 9.17) is 12.2 Å². The first-order chi connectivity index (χ1) is 12.1. The van der Waals surface area contributed by atoms with E-state index in [-0.39, 0.29) is 29.0 Å². The van der Waals surface area contributed by atoms with Gasteiger partial charge in [0, 0.05) is 23.7 Å². The third-order valence-electron chi connectivity index (χ3n) is 3.55. The lowest BCUT2D eigenvalue weighted by Gasteiger charge is -2.27. The molecule has 8 heteroatoms. The summed E-state index contributed by atoms with van der Waals surface area (Å²) in [6.07, 6.45) is 4.42. The SMILES string of the molecule is C=CCN1C(=O)/C(=C/c2cccnc2NC(=O)C(C)(C)C)C(=O)NC1=S. The van der Waals surface area contributed by atoms with Crippen LogP contribution in [0, 0.1) is 5.41 Å². The number of rotatable bonds is 4. The Balaban J connectivity index is 2.41. The normalized spacial score (nSPS) is 16.5. The molecule has 1 saturated heterocycles. The van der Waals surface area contributed by atoms with E-state index in [0.29, 0.717) is 5.56 Å². The zero-order valence-corrected chi connectivity index (χ0v) is 15.6. The monoisotopic (exact) mass is 372 g/mol. The number of amides is 3. The van der Waals surface area contributed by atoms with E-state index in [1.807, 2.05) is 0 Å². The molecule has 0 radical (unpaired) electrons. The van der Waals surface area contributed by atoms with Crippen molar-refractivity contribution in [3.05, 3.63) is 42.1 Å². The van der Waals surface area contributed by atoms with Crippen LogP contribution >= 0.6 is 12.2 Å². The Hall–Kier alpha value is -2.87. The predicted molar refractivity (Wildman–Crippen MR) is 103 cm³/mol. The van der Waals surface area contributed by atoms with E-state index in [9.17, 15) is 14.4 Å². The first kappa shape index (κ1) is 19.5. The second kappa shape index (κ2) is 7.57. The van der Waals surface area contributed by atoms with E-state index < -0.39 is 17.2 Å². The number of carbonyl (C=O) groups excluding carboxylic acids is 3. The molecular weight excluding hydrogens is 352 g/mol. The van der Waals surface area contributed by atoms with Crippen molar-refractivity contribution in [2.45, 2.75) is 20.8 Å². The van der Waals surface area contributed by atoms with E-state index in [2.05, 4.69) is 22.2 Å². The van der Waals surface area contributed by atoms with Gasteiger partial charge in [-0.3, -0.25) is 24.6 Å². The molecule has 0 atom stereocenters. The van der Waals surface area contributed by atoms with Gasteiger partial charge < -0.3 is 5.32 Å². The van der Waals surface area contributed by atoms with Crippen molar-refractivity contribution in [1.82, 2.24) is 15.2 Å². The molecule has 1 fully saturated rings. The molecule has 1 aromatic rings. The van der Waals surface area contributed by atoms with Crippen LogP contribution in [0.15, 0.2) is 36.6 Å². The molecule has 1 aromatic heterocycles. The Morgan fingerprint density at radius 3 is 2.73 bits per heavy atom. The molecule has 2 rings (SSSR count). The molecule has 1 aliphatic rings. The molecule has 136 valence electrons. The quantitative estimate of drug-likeness (QED) is 0.364. The summed E-state index contributed by atoms with van der Waals surface area (Å²) < 4.78 is 0. The van der Waals surface area contributed by atoms with Crippen LogP contribution in [0.1, 0.15) is 26.3 Å². The number of anilines is 1. The molecule has 0 aromatic carbocycles. The fraction of sp³-hybridized carbons (Fsp3) is 0.278. The largest absolute Gasteiger partial charge is 0.310 e. The van der Waals surface area contributed by atoms with E-state index >= 15 is 0 Å². The van der Waals surface area contributed by atoms with Crippen LogP contribution < -0.4 is 10.6 Å². The van der Waals surface area contributed by atoms with Crippen molar-refractivity contribution in [3.63, 3.8) is 0 Å². The molecule has 0 aliphatic carbocycles. The standard InChI is InChI=1S/C18H20N4O3S/c1-5-9-22-15(24)12(14(23)21-17(22)26)10-11-7-6-8-19-13(11)20-16(25)18(2,3)4/h5-8,10H,1,9H2,2-4H3,(H,19,20,25)(H,21,23,26)/b12-10+. The summed E-state index contributed by atoms with van der Waals surface area (Å²) >= 11 is 5.02. The van der Waals surface area contributed by atoms with Gasteiger partial charge >= 0.3 is 0 Å². The highest BCUT2D eigenvalue weighted by Crippen LogP contribution is 2.22. The molecule has 26 heavy (non-hydrogen) atoms. The molecule has 0 spiro atoms. The first-order valence-corrected chi connectivity index (χ1v) is 8.32. The molecular formula is C18H20N4O3S. The number of hydrogen-bond acceptors (Lipinski definition) is 5. The maximum atomic E-state index is 12.6. The number of aromatic nitrogens is 1. The summed E-state index contributed by atoms with van der Waals surface area (Å²) in [4.78, 5) is 42.4. The van der Waals surface area contributed by atoms with E-state index in [0.717, 1.165) is 0 Å². The highest BCUT2D eigenvalue weighted by atomic mass is 32.1. The maximum absolute atomic E-state index is 12.6. The lowest BCUT2D eigenvalue weighted by Crippen LogP contribution is -2.53. The first-order valence-electron chi connectivity index (χ1n) is 7.91. The van der Waals surface area contributed by atoms with Crippen LogP contribution in [0.4, 0.5) is 5.82 Å². The summed E-state index contributed by atoms with van der Waals surface area (Å²) in [5, 5.41) is 5.23. The van der Waals surface area contributed by atoms with Crippen molar-refractivity contribution in [2.24, 2.45) is 5.41 Å². The van der Waals surface area contributed by atoms with Gasteiger partial charge in [-0.25, -0.2) is 4.98 Å². The number of nitrogens with zero attached hydrogens (tertiary/aromatic N) is 2. The number of thiocarbonyl (C=S) groups is 1. The van der Waals surface area contributed by atoms with Gasteiger partial charge in [-0.05, 0) is 30.4 Å². The number of nitrogens with one attached hydrogen (secondary N) is 2. The molecule has 1 aliphatic heterocycles. The zero-order chi connectivity index (χ0) is 19.5. The van der Waals surface area contributed by atoms with Gasteiger partial charge in [0.25, 0.3) is 11.8 Å². The van der Waals surface area contributed by atoms with Crippen LogP contribution in [-0.2, 0) is 14.4 Å². The predicted octanol–water partition coefficient (Wildman–Crippen LogP) is 1.88. The smallest absolute Gasteiger partial charge is 0.265 e. The second-order valence-corrected chi connectivity index (χ2v) is 7.05. The van der Waals surface area contributed by atoms with Crippen molar-refractivity contribution in [2.75, 3.05) is 11.9 Å². The minimum atomic E-state index is -0.618. The number of pyridine rings is 1. The van der Waals surface area contributed by atoms with Crippen LogP contribution in [0.2, 0.25) is 0 Å². The Morgan fingerprint density at radius 2 is 2.12 bits per heavy atom. The maximum Gasteiger partial charge on any atom is 0.265 e. The molecule has 7 nitrogen and oxygen atoms in total. The Kier molecular flexibility index (Phi) is 5.66. The fourth-order valence-electron chi connectivity index (χ4n) is 2.08. The van der Waals surface area contributed by atoms with Crippen LogP contribution in [0.5, 0.6) is 0 Å². The summed E-state index contributed by atoms with van der Waals surface area (Å²) in [6, 6.07) is 3.31. The van der Waals surface area contributed by atoms with Crippen LogP contribution in [-0.4, -0.2) is 39.3 Å². The third kappa shape index (κ3) is 4.20. The van der Waals surface area contributed by atoms with E-state index in [1.54, 1.807) is 32.9 Å². The summed E-state index contributed by atoms with van der Waals surface area (Å²) in [5.41, 5.74) is -0.276.